The summed E-state index contributed by atoms with van der Waals surface area (Å²) < 4.78 is 21.8. The molecule has 8 N–H and O–H groups in total. The van der Waals surface area contributed by atoms with Gasteiger partial charge in [-0.3, -0.25) is 88.9 Å². The van der Waals surface area contributed by atoms with Gasteiger partial charge in [0, 0.05) is 235 Å². The Morgan fingerprint density at radius 3 is 0.858 bits per heavy atom. The number of hydrogen-bond donors (Lipinski definition) is 8. The minimum absolute atomic E-state index is 0.226. The van der Waals surface area contributed by atoms with Gasteiger partial charge in [-0.15, -0.1) is 0 Å². The molecule has 0 atom stereocenters. The lowest BCUT2D eigenvalue weighted by Gasteiger charge is -2.33. The fourth-order valence-electron chi connectivity index (χ4n) is 19.9. The van der Waals surface area contributed by atoms with Crippen LogP contribution in [0.15, 0.2) is 238 Å². The zero-order chi connectivity index (χ0) is 101. The third kappa shape index (κ3) is 26.5. The third-order valence-electron chi connectivity index (χ3n) is 28.1. The number of benzene rings is 7. The van der Waals surface area contributed by atoms with Crippen molar-refractivity contribution in [1.29, 1.82) is 0 Å². The number of likely N-dealkylation sites (tertiary alicyclic amines) is 2. The zero-order valence-electron chi connectivity index (χ0n) is 84.3. The van der Waals surface area contributed by atoms with Gasteiger partial charge in [-0.1, -0.05) is 67.1 Å². The molecule has 0 radical (unpaired) electrons. The van der Waals surface area contributed by atoms with E-state index < -0.39 is 0 Å². The largest absolute Gasteiger partial charge is 0.379 e. The number of nitrogens with zero attached hydrogens (tertiary/aromatic N) is 18. The summed E-state index contributed by atoms with van der Waals surface area (Å²) >= 11 is 0. The number of H-pyrrole nitrogens is 4. The van der Waals surface area contributed by atoms with E-state index in [1.807, 2.05) is 197 Å². The number of piperazine rings is 1. The number of aromatic amines is 4. The van der Waals surface area contributed by atoms with E-state index in [-0.39, 0.29) is 23.6 Å². The van der Waals surface area contributed by atoms with Crippen molar-refractivity contribution in [2.75, 3.05) is 205 Å². The van der Waals surface area contributed by atoms with Crippen LogP contribution in [0.2, 0.25) is 0 Å². The number of anilines is 5. The van der Waals surface area contributed by atoms with E-state index in [4.69, 9.17) is 18.9 Å². The lowest BCUT2D eigenvalue weighted by molar-refractivity contribution is 0.0341. The molecule has 9 aromatic heterocycles. The number of hydrogen-bond acceptors (Lipinski definition) is 26. The van der Waals surface area contributed by atoms with Crippen molar-refractivity contribution in [1.82, 2.24) is 105 Å². The number of morpholine rings is 4. The van der Waals surface area contributed by atoms with E-state index in [1.165, 1.54) is 80.5 Å². The monoisotopic (exact) mass is 1990 g/mol. The van der Waals surface area contributed by atoms with E-state index in [9.17, 15) is 19.2 Å². The third-order valence-corrected chi connectivity index (χ3v) is 28.1. The molecule has 7 aliphatic rings. The number of fused-ring (bicyclic) bond motifs is 4. The van der Waals surface area contributed by atoms with Crippen LogP contribution in [-0.4, -0.2) is 307 Å². The Morgan fingerprint density at radius 2 is 0.561 bits per heavy atom. The van der Waals surface area contributed by atoms with E-state index in [0.717, 1.165) is 305 Å². The SMILES string of the molecule is CN(C)Cc1ccc(NC(=O)c2n[nH]c3ccc(-c4cncc(CN5CCOCC5)c4)cc23)cc1.CN1CCN(c2ccc(NC(=O)c3n[nH]c4ccc(-c5cncc(CN6CCOCC6)c5)cc34)cn2)CC1.O=C(Nc1ccc(CN2CCCC2)cc1)c1n[nH]c2ccc(-c3cncc(CN4CCOCC4)c3)cc12.O=C(Nc1ccc(CN2CCCCC2)cc1)c1n[nH]c2ccc(-c3cncc(CN4CCOCC4)c3)cc12. The van der Waals surface area contributed by atoms with E-state index in [0.29, 0.717) is 28.5 Å². The van der Waals surface area contributed by atoms with Crippen LogP contribution in [0.25, 0.3) is 88.1 Å². The highest BCUT2D eigenvalue weighted by Crippen LogP contribution is 2.34. The van der Waals surface area contributed by atoms with Crippen molar-refractivity contribution in [2.45, 2.75) is 77.9 Å². The minimum atomic E-state index is -0.276. The molecule has 34 nitrogen and oxygen atoms in total. The first-order chi connectivity index (χ1) is 72.6. The fraction of sp³-hybridized carbons (Fsp3) is 0.342. The summed E-state index contributed by atoms with van der Waals surface area (Å²) in [6.07, 6.45) is 23.3. The van der Waals surface area contributed by atoms with E-state index in [2.05, 4.69) is 187 Å². The number of nitrogens with one attached hydrogen (secondary N) is 8. The van der Waals surface area contributed by atoms with Gasteiger partial charge in [0.25, 0.3) is 23.6 Å². The average Bonchev–Trinajstić information content (AvgIpc) is 1.65. The molecule has 0 unspecified atom stereocenters. The molecule has 762 valence electrons. The first-order valence-corrected chi connectivity index (χ1v) is 51.5. The number of carbonyl (C=O) groups is 4. The van der Waals surface area contributed by atoms with Gasteiger partial charge in [-0.05, 0) is 256 Å². The molecule has 0 aliphatic carbocycles. The normalized spacial score (nSPS) is 16.4. The maximum atomic E-state index is 13.2. The zero-order valence-corrected chi connectivity index (χ0v) is 84.3. The van der Waals surface area contributed by atoms with E-state index in [1.54, 1.807) is 6.20 Å². The van der Waals surface area contributed by atoms with Crippen LogP contribution in [0.5, 0.6) is 0 Å². The first kappa shape index (κ1) is 101. The number of ether oxygens (including phenoxy) is 4. The Hall–Kier alpha value is -14.6. The molecule has 7 fully saturated rings. The average molecular weight is 1990 g/mol. The summed E-state index contributed by atoms with van der Waals surface area (Å²) in [5, 5.41) is 44.3. The van der Waals surface area contributed by atoms with Crippen LogP contribution >= 0.6 is 0 Å². The smallest absolute Gasteiger partial charge is 0.276 e. The van der Waals surface area contributed by atoms with Gasteiger partial charge in [0.1, 0.15) is 5.82 Å². The Kier molecular flexibility index (Phi) is 33.2. The molecule has 16 heterocycles. The number of piperidine rings is 1. The summed E-state index contributed by atoms with van der Waals surface area (Å²) in [4.78, 5) is 96.2. The Morgan fingerprint density at radius 1 is 0.284 bits per heavy atom. The summed E-state index contributed by atoms with van der Waals surface area (Å²) in [7, 11) is 6.19. The summed E-state index contributed by atoms with van der Waals surface area (Å²) in [5.74, 6) is -0.0450. The number of aromatic nitrogens is 13. The van der Waals surface area contributed by atoms with Gasteiger partial charge in [-0.25, -0.2) is 4.98 Å². The molecule has 7 aliphatic heterocycles. The molecule has 0 saturated carbocycles. The lowest BCUT2D eigenvalue weighted by Crippen LogP contribution is -2.44. The molecular formula is C114H128N26O8. The van der Waals surface area contributed by atoms with Crippen molar-refractivity contribution in [2.24, 2.45) is 0 Å². The summed E-state index contributed by atoms with van der Waals surface area (Å²) in [5.41, 5.74) is 24.1. The Labute approximate surface area is 860 Å². The predicted octanol–water partition coefficient (Wildman–Crippen LogP) is 15.6. The second-order valence-corrected chi connectivity index (χ2v) is 39.4. The van der Waals surface area contributed by atoms with Crippen LogP contribution in [-0.2, 0) is 64.8 Å². The van der Waals surface area contributed by atoms with E-state index >= 15 is 0 Å². The molecule has 34 heteroatoms. The molecule has 148 heavy (non-hydrogen) atoms. The van der Waals surface area contributed by atoms with Gasteiger partial charge in [0.2, 0.25) is 0 Å². The molecule has 0 bridgehead atoms. The number of carbonyl (C=O) groups excluding carboxylic acids is 4. The van der Waals surface area contributed by atoms with Crippen LogP contribution in [0.1, 0.15) is 113 Å². The van der Waals surface area contributed by atoms with Gasteiger partial charge in [0.05, 0.1) is 86.8 Å². The number of pyridine rings is 5. The van der Waals surface area contributed by atoms with Crippen molar-refractivity contribution in [3.63, 3.8) is 0 Å². The fourth-order valence-corrected chi connectivity index (χ4v) is 19.9. The molecule has 0 spiro atoms. The van der Waals surface area contributed by atoms with Crippen molar-refractivity contribution < 1.29 is 38.1 Å². The molecule has 4 amide bonds. The Bertz CT molecular complexity index is 7170. The highest BCUT2D eigenvalue weighted by molar-refractivity contribution is 6.15. The highest BCUT2D eigenvalue weighted by Gasteiger charge is 2.26. The number of amides is 4. The molecule has 16 aromatic rings. The quantitative estimate of drug-likeness (QED) is 0.0237. The molecule has 7 aromatic carbocycles. The van der Waals surface area contributed by atoms with Crippen LogP contribution < -0.4 is 26.2 Å². The Balaban J connectivity index is 0.000000120. The molecular weight excluding hydrogens is 1860 g/mol. The van der Waals surface area contributed by atoms with Crippen molar-refractivity contribution in [3.8, 4) is 44.5 Å². The van der Waals surface area contributed by atoms with Crippen LogP contribution in [0.3, 0.4) is 0 Å². The number of likely N-dealkylation sites (N-methyl/N-ethyl adjacent to an activating group) is 1. The second-order valence-electron chi connectivity index (χ2n) is 39.4. The lowest BCUT2D eigenvalue weighted by atomic mass is 10.0. The van der Waals surface area contributed by atoms with Gasteiger partial charge >= 0.3 is 0 Å². The van der Waals surface area contributed by atoms with Crippen molar-refractivity contribution in [3.05, 3.63) is 299 Å². The van der Waals surface area contributed by atoms with Crippen molar-refractivity contribution >= 4 is 95.8 Å². The minimum Gasteiger partial charge on any atom is -0.379 e. The van der Waals surface area contributed by atoms with Gasteiger partial charge < -0.3 is 54.9 Å². The summed E-state index contributed by atoms with van der Waals surface area (Å²) in [6, 6.07) is 60.7. The first-order valence-electron chi connectivity index (χ1n) is 51.5. The second kappa shape index (κ2) is 48.8. The standard InChI is InChI=1S/C30H34N6O2.C29H32N6O2.C28H32N8O2.C27H30N6O2/c37-30(32-26-7-4-22(5-8-26)20-35-10-2-1-3-11-35)29-27-17-24(6-9-28(27)33-34-29)25-16-23(18-31-19-25)21-36-12-14-38-15-13-36;36-29(31-25-6-3-21(4-7-25)19-34-9-1-2-10-34)28-26-16-23(5-8-27(26)32-33-28)24-15-22(17-30-18-24)20-35-11-13-37-14-12-35;1-34-6-8-36(9-7-34)26-5-3-23(18-30-26)31-28(37)27-24-15-21(2-4-25(24)32-33-27)22-14-20(16-29-17-22)19-35-10-12-38-13-11-35;1-32(2)17-19-3-6-23(7-4-19)29-27(34)26-24-14-21(5-8-25(24)30-31-26)22-13-20(15-28-16-22)18-33-9-11-35-12-10-33/h4-9,16-19H,1-3,10-15,20-21H2,(H,32,37)(H,33,34);3-8,15-18H,1-2,9-14,19-20H2,(H,31,36)(H,32,33);2-5,14-18H,6-13,19H2,1H3,(H,31,37)(H,32,33);3-8,13-16H,9-12,17-18H2,1-2H3,(H,29,34)(H,30,31). The maximum absolute atomic E-state index is 13.2. The van der Waals surface area contributed by atoms with Gasteiger partial charge in [-0.2, -0.15) is 20.4 Å². The molecule has 23 rings (SSSR count). The van der Waals surface area contributed by atoms with Crippen LogP contribution in [0.4, 0.5) is 28.6 Å². The van der Waals surface area contributed by atoms with Gasteiger partial charge in [0.15, 0.2) is 22.8 Å². The van der Waals surface area contributed by atoms with Crippen LogP contribution in [0, 0.1) is 0 Å². The maximum Gasteiger partial charge on any atom is 0.276 e. The highest BCUT2D eigenvalue weighted by atomic mass is 16.5. The number of rotatable bonds is 27. The molecule has 7 saturated heterocycles. The summed E-state index contributed by atoms with van der Waals surface area (Å²) in [6.45, 7) is 28.4. The predicted molar refractivity (Wildman–Crippen MR) is 578 cm³/mol. The topological polar surface area (TPSA) is 362 Å².